The summed E-state index contributed by atoms with van der Waals surface area (Å²) in [7, 11) is 1.25. The number of likely N-dealkylation sites (tertiary alicyclic amines) is 1. The molecule has 0 radical (unpaired) electrons. The molecule has 11 heteroatoms. The summed E-state index contributed by atoms with van der Waals surface area (Å²) in [6, 6.07) is 7.05. The molecular formula is C19H18F2N4O5. The maximum absolute atomic E-state index is 13.3. The van der Waals surface area contributed by atoms with E-state index >= 15 is 0 Å². The van der Waals surface area contributed by atoms with Gasteiger partial charge in [0.05, 0.1) is 23.2 Å². The van der Waals surface area contributed by atoms with Crippen LogP contribution in [0, 0.1) is 10.1 Å². The molecule has 1 aliphatic heterocycles. The number of piperidine rings is 1. The molecule has 1 aromatic carbocycles. The number of pyridine rings is 1. The number of aromatic nitrogens is 1. The van der Waals surface area contributed by atoms with Crippen LogP contribution >= 0.6 is 0 Å². The Bertz CT molecular complexity index is 971. The molecule has 1 aliphatic rings. The van der Waals surface area contributed by atoms with Crippen molar-refractivity contribution in [3.05, 3.63) is 57.8 Å². The third kappa shape index (κ3) is 4.67. The molecule has 1 fully saturated rings. The number of methoxy groups -OCH3 is 1. The molecule has 1 saturated heterocycles. The molecule has 0 bridgehead atoms. The number of nitro groups is 1. The molecule has 158 valence electrons. The van der Waals surface area contributed by atoms with Gasteiger partial charge in [0, 0.05) is 43.9 Å². The van der Waals surface area contributed by atoms with E-state index in [2.05, 4.69) is 15.0 Å². The second kappa shape index (κ2) is 8.39. The van der Waals surface area contributed by atoms with Gasteiger partial charge < -0.3 is 15.0 Å². The standard InChI is InChI=1S/C19H18F2N4O5/c1-30-18(27)12-2-4-14(5-3-12)23-16-15(25(28)29)10-13(11-22-16)17(26)24-8-6-19(20,21)7-9-24/h2-5,10-11H,6-9H2,1H3,(H,22,23). The first kappa shape index (κ1) is 21.1. The highest BCUT2D eigenvalue weighted by molar-refractivity contribution is 5.95. The molecule has 0 spiro atoms. The smallest absolute Gasteiger partial charge is 0.337 e. The van der Waals surface area contributed by atoms with Gasteiger partial charge in [-0.2, -0.15) is 0 Å². The minimum Gasteiger partial charge on any atom is -0.465 e. The second-order valence-corrected chi connectivity index (χ2v) is 6.69. The second-order valence-electron chi connectivity index (χ2n) is 6.69. The summed E-state index contributed by atoms with van der Waals surface area (Å²) in [4.78, 5) is 40.0. The van der Waals surface area contributed by atoms with Gasteiger partial charge in [-0.1, -0.05) is 0 Å². The summed E-state index contributed by atoms with van der Waals surface area (Å²) in [5.74, 6) is -4.02. The highest BCUT2D eigenvalue weighted by atomic mass is 19.3. The number of esters is 1. The van der Waals surface area contributed by atoms with Crippen molar-refractivity contribution in [2.24, 2.45) is 0 Å². The van der Waals surface area contributed by atoms with Crippen LogP contribution in [0.15, 0.2) is 36.5 Å². The molecule has 0 saturated carbocycles. The number of anilines is 2. The van der Waals surface area contributed by atoms with E-state index in [4.69, 9.17) is 0 Å². The average molecular weight is 420 g/mol. The van der Waals surface area contributed by atoms with Gasteiger partial charge in [-0.05, 0) is 24.3 Å². The fourth-order valence-electron chi connectivity index (χ4n) is 2.97. The van der Waals surface area contributed by atoms with Crippen molar-refractivity contribution in [2.75, 3.05) is 25.5 Å². The summed E-state index contributed by atoms with van der Waals surface area (Å²) in [5, 5.41) is 14.2. The number of carbonyl (C=O) groups is 2. The van der Waals surface area contributed by atoms with Crippen molar-refractivity contribution in [2.45, 2.75) is 18.8 Å². The molecular weight excluding hydrogens is 402 g/mol. The molecule has 1 aromatic heterocycles. The Morgan fingerprint density at radius 2 is 1.83 bits per heavy atom. The number of hydrogen-bond donors (Lipinski definition) is 1. The van der Waals surface area contributed by atoms with E-state index in [9.17, 15) is 28.5 Å². The average Bonchev–Trinajstić information content (AvgIpc) is 2.73. The lowest BCUT2D eigenvalue weighted by molar-refractivity contribution is -0.384. The van der Waals surface area contributed by atoms with Gasteiger partial charge in [0.25, 0.3) is 11.8 Å². The van der Waals surface area contributed by atoms with Crippen LogP contribution in [0.5, 0.6) is 0 Å². The van der Waals surface area contributed by atoms with E-state index in [0.29, 0.717) is 11.3 Å². The van der Waals surface area contributed by atoms with Crippen LogP contribution in [0.25, 0.3) is 0 Å². The Morgan fingerprint density at radius 1 is 1.20 bits per heavy atom. The molecule has 30 heavy (non-hydrogen) atoms. The molecule has 1 N–H and O–H groups in total. The Morgan fingerprint density at radius 3 is 2.40 bits per heavy atom. The summed E-state index contributed by atoms with van der Waals surface area (Å²) >= 11 is 0. The van der Waals surface area contributed by atoms with E-state index in [1.165, 1.54) is 36.3 Å². The fourth-order valence-corrected chi connectivity index (χ4v) is 2.97. The van der Waals surface area contributed by atoms with Crippen LogP contribution in [0.1, 0.15) is 33.6 Å². The van der Waals surface area contributed by atoms with E-state index < -0.39 is 41.3 Å². The van der Waals surface area contributed by atoms with E-state index in [1.807, 2.05) is 0 Å². The minimum atomic E-state index is -2.81. The molecule has 2 aromatic rings. The maximum Gasteiger partial charge on any atom is 0.337 e. The van der Waals surface area contributed by atoms with Crippen molar-refractivity contribution >= 4 is 29.1 Å². The number of alkyl halides is 2. The van der Waals surface area contributed by atoms with Crippen molar-refractivity contribution in [1.82, 2.24) is 9.88 Å². The third-order valence-electron chi connectivity index (χ3n) is 4.66. The number of amides is 1. The zero-order chi connectivity index (χ0) is 21.9. The predicted molar refractivity (Wildman–Crippen MR) is 102 cm³/mol. The highest BCUT2D eigenvalue weighted by Gasteiger charge is 2.36. The van der Waals surface area contributed by atoms with Gasteiger partial charge in [-0.15, -0.1) is 0 Å². The highest BCUT2D eigenvalue weighted by Crippen LogP contribution is 2.30. The number of hydrogen-bond acceptors (Lipinski definition) is 7. The minimum absolute atomic E-state index is 0.0569. The van der Waals surface area contributed by atoms with E-state index in [-0.39, 0.29) is 24.5 Å². The van der Waals surface area contributed by atoms with E-state index in [1.54, 1.807) is 0 Å². The van der Waals surface area contributed by atoms with Crippen LogP contribution in [0.3, 0.4) is 0 Å². The Kier molecular flexibility index (Phi) is 5.90. The number of halogens is 2. The Balaban J connectivity index is 1.79. The van der Waals surface area contributed by atoms with Gasteiger partial charge >= 0.3 is 11.7 Å². The Labute approximate surface area is 169 Å². The zero-order valence-corrected chi connectivity index (χ0v) is 15.9. The first-order chi connectivity index (χ1) is 14.2. The fraction of sp³-hybridized carbons (Fsp3) is 0.316. The number of nitrogens with zero attached hydrogens (tertiary/aromatic N) is 3. The number of rotatable bonds is 5. The maximum atomic E-state index is 13.3. The lowest BCUT2D eigenvalue weighted by Gasteiger charge is -2.31. The third-order valence-corrected chi connectivity index (χ3v) is 4.66. The molecule has 2 heterocycles. The van der Waals surface area contributed by atoms with Crippen molar-refractivity contribution < 1.29 is 28.0 Å². The molecule has 9 nitrogen and oxygen atoms in total. The first-order valence-corrected chi connectivity index (χ1v) is 8.97. The van der Waals surface area contributed by atoms with Gasteiger partial charge in [-0.25, -0.2) is 18.6 Å². The van der Waals surface area contributed by atoms with Crippen LogP contribution < -0.4 is 5.32 Å². The molecule has 0 atom stereocenters. The van der Waals surface area contributed by atoms with Gasteiger partial charge in [-0.3, -0.25) is 14.9 Å². The lowest BCUT2D eigenvalue weighted by atomic mass is 10.1. The van der Waals surface area contributed by atoms with Crippen LogP contribution in [-0.4, -0.2) is 52.8 Å². The molecule has 1 amide bonds. The van der Waals surface area contributed by atoms with Crippen molar-refractivity contribution in [3.63, 3.8) is 0 Å². The van der Waals surface area contributed by atoms with Crippen LogP contribution in [-0.2, 0) is 4.74 Å². The zero-order valence-electron chi connectivity index (χ0n) is 15.9. The largest absolute Gasteiger partial charge is 0.465 e. The SMILES string of the molecule is COC(=O)c1ccc(Nc2ncc(C(=O)N3CCC(F)(F)CC3)cc2[N+](=O)[O-])cc1. The van der Waals surface area contributed by atoms with Crippen LogP contribution in [0.2, 0.25) is 0 Å². The van der Waals surface area contributed by atoms with Gasteiger partial charge in [0.1, 0.15) is 0 Å². The lowest BCUT2D eigenvalue weighted by Crippen LogP contribution is -2.42. The van der Waals surface area contributed by atoms with Crippen LogP contribution in [0.4, 0.5) is 26.0 Å². The topological polar surface area (TPSA) is 115 Å². The number of benzene rings is 1. The summed E-state index contributed by atoms with van der Waals surface area (Å²) in [5.41, 5.74) is 0.230. The summed E-state index contributed by atoms with van der Waals surface area (Å²) in [6.07, 6.45) is 0.262. The number of carbonyl (C=O) groups excluding carboxylic acids is 2. The molecule has 3 rings (SSSR count). The Hall–Kier alpha value is -3.63. The molecule has 0 unspecified atom stereocenters. The number of nitrogens with one attached hydrogen (secondary N) is 1. The normalized spacial score (nSPS) is 15.4. The molecule has 0 aliphatic carbocycles. The van der Waals surface area contributed by atoms with Crippen molar-refractivity contribution in [3.8, 4) is 0 Å². The predicted octanol–water partition coefficient (Wildman–Crippen LogP) is 3.39. The van der Waals surface area contributed by atoms with Gasteiger partial charge in [0.15, 0.2) is 0 Å². The first-order valence-electron chi connectivity index (χ1n) is 8.97. The van der Waals surface area contributed by atoms with E-state index in [0.717, 1.165) is 12.3 Å². The summed E-state index contributed by atoms with van der Waals surface area (Å²) in [6.45, 7) is -0.266. The van der Waals surface area contributed by atoms with Crippen molar-refractivity contribution in [1.29, 1.82) is 0 Å². The van der Waals surface area contributed by atoms with Gasteiger partial charge in [0.2, 0.25) is 5.82 Å². The quantitative estimate of drug-likeness (QED) is 0.448. The monoisotopic (exact) mass is 420 g/mol. The summed E-state index contributed by atoms with van der Waals surface area (Å²) < 4.78 is 31.2. The number of ether oxygens (including phenoxy) is 1.